The maximum atomic E-state index is 0. The third-order valence-electron chi connectivity index (χ3n) is 0. The summed E-state index contributed by atoms with van der Waals surface area (Å²) in [7, 11) is 0. The third kappa shape index (κ3) is 31.1. The molecule has 0 aromatic carbocycles. The van der Waals surface area contributed by atoms with Crippen LogP contribution >= 0.6 is 0 Å². The van der Waals surface area contributed by atoms with E-state index >= 15 is 0 Å². The van der Waals surface area contributed by atoms with Gasteiger partial charge >= 0.3 is 21.1 Å². The molecule has 3 nitrogen and oxygen atoms in total. The first-order valence-corrected chi connectivity index (χ1v) is 0. The second-order valence-corrected chi connectivity index (χ2v) is 0. The van der Waals surface area contributed by atoms with Crippen LogP contribution in [0.15, 0.2) is 0 Å². The van der Waals surface area contributed by atoms with E-state index in [1.54, 1.807) is 0 Å². The van der Waals surface area contributed by atoms with Gasteiger partial charge in [-0.15, -0.1) is 0 Å². The Bertz CT molecular complexity index is 6.85. The SMILES string of the molecule is [In].[O-2].[O-2].[O-2].[W+6]. The predicted molar refractivity (Wildman–Crippen MR) is 7.81 cm³/mol. The van der Waals surface area contributed by atoms with Crippen LogP contribution in [-0.4, -0.2) is 25.8 Å². The molecule has 27 valence electrons. The van der Waals surface area contributed by atoms with Gasteiger partial charge in [0, 0.05) is 25.8 Å². The van der Waals surface area contributed by atoms with Gasteiger partial charge in [-0.25, -0.2) is 0 Å². The Morgan fingerprint density at radius 2 is 0.600 bits per heavy atom. The number of hydrogen-bond acceptors (Lipinski definition) is 0. The Labute approximate surface area is 63.1 Å². The van der Waals surface area contributed by atoms with Crippen LogP contribution in [0, 0.1) is 0 Å². The zero-order chi connectivity index (χ0) is 0. The molecule has 0 rings (SSSR count). The smallest absolute Gasteiger partial charge is 2.00 e. The maximum absolute atomic E-state index is 0. The molecule has 0 heterocycles. The summed E-state index contributed by atoms with van der Waals surface area (Å²) in [4.78, 5) is 0. The number of rotatable bonds is 0. The molecule has 0 saturated carbocycles. The van der Waals surface area contributed by atoms with Crippen molar-refractivity contribution in [3.63, 3.8) is 0 Å². The Hall–Kier alpha value is 1.44. The van der Waals surface area contributed by atoms with E-state index in [0.29, 0.717) is 0 Å². The van der Waals surface area contributed by atoms with E-state index in [2.05, 4.69) is 0 Å². The van der Waals surface area contributed by atoms with E-state index in [9.17, 15) is 0 Å². The first-order valence-electron chi connectivity index (χ1n) is 0. The van der Waals surface area contributed by atoms with Gasteiger partial charge in [0.15, 0.2) is 0 Å². The van der Waals surface area contributed by atoms with Crippen LogP contribution in [0.3, 0.4) is 0 Å². The first kappa shape index (κ1) is 92.0. The van der Waals surface area contributed by atoms with Gasteiger partial charge in [0.2, 0.25) is 0 Å². The van der Waals surface area contributed by atoms with Crippen LogP contribution < -0.4 is 0 Å². The molecular weight excluding hydrogens is 347 g/mol. The molecule has 0 aliphatic carbocycles. The largest absolute Gasteiger partial charge is 6.00 e. The van der Waals surface area contributed by atoms with Gasteiger partial charge in [0.25, 0.3) is 0 Å². The standard InChI is InChI=1S/In.3O.W/q;3*-2;+6. The summed E-state index contributed by atoms with van der Waals surface area (Å²) >= 11 is 0. The number of hydrogen-bond donors (Lipinski definition) is 0. The van der Waals surface area contributed by atoms with E-state index in [1.165, 1.54) is 0 Å². The fourth-order valence-corrected chi connectivity index (χ4v) is 0. The minimum atomic E-state index is 0. The summed E-state index contributed by atoms with van der Waals surface area (Å²) in [6.45, 7) is 0. The first-order chi connectivity index (χ1) is 0. The molecule has 0 aromatic heterocycles. The summed E-state index contributed by atoms with van der Waals surface area (Å²) in [5.74, 6) is 0. The molecule has 5 heavy (non-hydrogen) atoms. The molecule has 0 saturated heterocycles. The van der Waals surface area contributed by atoms with Crippen molar-refractivity contribution in [2.75, 3.05) is 0 Å². The van der Waals surface area contributed by atoms with Crippen molar-refractivity contribution in [2.45, 2.75) is 0 Å². The maximum Gasteiger partial charge on any atom is 6.00 e. The third-order valence-corrected chi connectivity index (χ3v) is 0. The topological polar surface area (TPSA) is 85.5 Å². The van der Waals surface area contributed by atoms with Crippen LogP contribution in [0.2, 0.25) is 0 Å². The summed E-state index contributed by atoms with van der Waals surface area (Å²) in [6, 6.07) is 0. The molecule has 0 N–H and O–H groups in total. The molecule has 0 fully saturated rings. The van der Waals surface area contributed by atoms with Crippen LogP contribution in [0.4, 0.5) is 0 Å². The van der Waals surface area contributed by atoms with Crippen LogP contribution in [-0.2, 0) is 37.5 Å². The average molecular weight is 347 g/mol. The van der Waals surface area contributed by atoms with Crippen LogP contribution in [0.1, 0.15) is 0 Å². The minimum Gasteiger partial charge on any atom is -2.00 e. The van der Waals surface area contributed by atoms with Gasteiger partial charge in [-0.3, -0.25) is 0 Å². The van der Waals surface area contributed by atoms with Crippen molar-refractivity contribution in [3.05, 3.63) is 0 Å². The minimum absolute atomic E-state index is 0. The van der Waals surface area contributed by atoms with Crippen molar-refractivity contribution in [3.8, 4) is 0 Å². The van der Waals surface area contributed by atoms with Crippen LogP contribution in [0.25, 0.3) is 0 Å². The van der Waals surface area contributed by atoms with Gasteiger partial charge in [0.1, 0.15) is 0 Å². The van der Waals surface area contributed by atoms with E-state index in [-0.39, 0.29) is 63.3 Å². The average Bonchev–Trinajstić information content (AvgIpc) is 0. The second kappa shape index (κ2) is 51.8. The van der Waals surface area contributed by atoms with Gasteiger partial charge in [0.05, 0.1) is 0 Å². The quantitative estimate of drug-likeness (QED) is 0.553. The molecule has 0 aromatic rings. The summed E-state index contributed by atoms with van der Waals surface area (Å²) in [6.07, 6.45) is 0. The van der Waals surface area contributed by atoms with Gasteiger partial charge < -0.3 is 16.4 Å². The summed E-state index contributed by atoms with van der Waals surface area (Å²) in [5.41, 5.74) is 0. The molecule has 5 heteroatoms. The molecule has 0 bridgehead atoms. The van der Waals surface area contributed by atoms with Gasteiger partial charge in [-0.1, -0.05) is 0 Å². The molecule has 0 aliphatic heterocycles. The summed E-state index contributed by atoms with van der Waals surface area (Å²) in [5, 5.41) is 0. The zero-order valence-electron chi connectivity index (χ0n) is 2.21. The zero-order valence-corrected chi connectivity index (χ0v) is 8.44. The van der Waals surface area contributed by atoms with Gasteiger partial charge in [-0.2, -0.15) is 0 Å². The Morgan fingerprint density at radius 3 is 0.600 bits per heavy atom. The van der Waals surface area contributed by atoms with Crippen molar-refractivity contribution in [2.24, 2.45) is 0 Å². The van der Waals surface area contributed by atoms with Crippen molar-refractivity contribution >= 4 is 25.8 Å². The van der Waals surface area contributed by atoms with E-state index in [0.717, 1.165) is 0 Å². The Kier molecular flexibility index (Phi) is 953. The summed E-state index contributed by atoms with van der Waals surface area (Å²) < 4.78 is 0. The normalized spacial score (nSPS) is 0. The van der Waals surface area contributed by atoms with E-state index < -0.39 is 0 Å². The monoisotopic (exact) mass is 347 g/mol. The molecular formula is InO3W. The van der Waals surface area contributed by atoms with Crippen LogP contribution in [0.5, 0.6) is 0 Å². The fraction of sp³-hybridized carbons (Fsp3) is 0. The van der Waals surface area contributed by atoms with Crippen molar-refractivity contribution < 1.29 is 37.5 Å². The molecule has 0 atom stereocenters. The van der Waals surface area contributed by atoms with E-state index in [4.69, 9.17) is 0 Å². The molecule has 0 spiro atoms. The van der Waals surface area contributed by atoms with Gasteiger partial charge in [-0.05, 0) is 0 Å². The molecule has 3 radical (unpaired) electrons. The van der Waals surface area contributed by atoms with Crippen molar-refractivity contribution in [1.82, 2.24) is 0 Å². The Balaban J connectivity index is 0. The second-order valence-electron chi connectivity index (χ2n) is 0. The fourth-order valence-electron chi connectivity index (χ4n) is 0. The van der Waals surface area contributed by atoms with Crippen molar-refractivity contribution in [1.29, 1.82) is 0 Å². The molecule has 0 amide bonds. The predicted octanol–water partition coefficient (Wildman–Crippen LogP) is -0.740. The van der Waals surface area contributed by atoms with E-state index in [1.807, 2.05) is 0 Å². The Morgan fingerprint density at radius 1 is 0.600 bits per heavy atom. The molecule has 0 unspecified atom stereocenters. The molecule has 0 aliphatic rings.